The van der Waals surface area contributed by atoms with E-state index in [1.165, 1.54) is 70.6 Å². The fourth-order valence-electron chi connectivity index (χ4n) is 9.62. The lowest BCUT2D eigenvalue weighted by atomic mass is 9.46. The molecule has 220 valence electrons. The Morgan fingerprint density at radius 1 is 0.947 bits per heavy atom. The average Bonchev–Trinajstić information content (AvgIpc) is 3.22. The molecule has 0 heterocycles. The highest BCUT2D eigenvalue weighted by Gasteiger charge is 2.59. The number of carbonyl (C=O) groups is 1. The van der Waals surface area contributed by atoms with Gasteiger partial charge in [-0.1, -0.05) is 65.5 Å². The number of hydrogen-bond acceptors (Lipinski definition) is 3. The first-order chi connectivity index (χ1) is 18.1. The molecule has 0 aromatic heterocycles. The maximum absolute atomic E-state index is 11.1. The van der Waals surface area contributed by atoms with Gasteiger partial charge in [0.15, 0.2) is 6.29 Å². The van der Waals surface area contributed by atoms with Crippen LogP contribution in [0.1, 0.15) is 132 Å². The van der Waals surface area contributed by atoms with Gasteiger partial charge in [-0.2, -0.15) is 0 Å². The lowest BCUT2D eigenvalue weighted by molar-refractivity contribution is -0.123. The second-order valence-corrected chi connectivity index (χ2v) is 14.3. The number of aldehydes is 1. The van der Waals surface area contributed by atoms with E-state index in [2.05, 4.69) is 40.7 Å². The van der Waals surface area contributed by atoms with Crippen molar-refractivity contribution < 1.29 is 14.3 Å². The van der Waals surface area contributed by atoms with E-state index in [1.807, 2.05) is 20.8 Å². The van der Waals surface area contributed by atoms with Crippen molar-refractivity contribution in [3.63, 3.8) is 0 Å². The van der Waals surface area contributed by atoms with Gasteiger partial charge < -0.3 is 14.3 Å². The van der Waals surface area contributed by atoms with Gasteiger partial charge in [0.2, 0.25) is 0 Å². The maximum Gasteiger partial charge on any atom is 0.154 e. The molecule has 8 atom stereocenters. The molecule has 0 N–H and O–H groups in total. The summed E-state index contributed by atoms with van der Waals surface area (Å²) in [4.78, 5) is 11.1. The molecular weight excluding hydrogens is 468 g/mol. The number of carbonyl (C=O) groups excluding carboxylic acids is 1. The summed E-state index contributed by atoms with van der Waals surface area (Å²) in [5, 5.41) is 0. The fourth-order valence-corrected chi connectivity index (χ4v) is 9.62. The van der Waals surface area contributed by atoms with Crippen molar-refractivity contribution in [2.45, 2.75) is 139 Å². The topological polar surface area (TPSA) is 35.5 Å². The van der Waals surface area contributed by atoms with E-state index in [0.29, 0.717) is 16.7 Å². The standard InChI is InChI=1S/C29H48O.C6H14O2/c1-20(2)7-6-8-21(3)25-11-12-26-24-10-9-23-19-22(15-18-30)13-16-28(23,4)27(24)14-17-29(25,26)5;1-4-7-6(3)8-5-2/h9,18,20-22,24-27H,6-8,10-17,19H2,1-5H3;6H,4-5H2,1-3H3/t21-,22-,24+,25-,26+,27+,28+,29-;/m1./s1. The third-order valence-corrected chi connectivity index (χ3v) is 11.6. The number of allylic oxidation sites excluding steroid dienone is 2. The third kappa shape index (κ3) is 7.15. The van der Waals surface area contributed by atoms with Crippen LogP contribution in [-0.4, -0.2) is 25.8 Å². The molecule has 4 aliphatic rings. The van der Waals surface area contributed by atoms with Gasteiger partial charge in [-0.25, -0.2) is 0 Å². The number of rotatable bonds is 11. The van der Waals surface area contributed by atoms with Gasteiger partial charge in [-0.3, -0.25) is 0 Å². The van der Waals surface area contributed by atoms with Crippen LogP contribution in [0.4, 0.5) is 0 Å². The summed E-state index contributed by atoms with van der Waals surface area (Å²) >= 11 is 0. The highest BCUT2D eigenvalue weighted by atomic mass is 16.7. The predicted molar refractivity (Wildman–Crippen MR) is 160 cm³/mol. The highest BCUT2D eigenvalue weighted by Crippen LogP contribution is 2.67. The van der Waals surface area contributed by atoms with E-state index >= 15 is 0 Å². The summed E-state index contributed by atoms with van der Waals surface area (Å²) in [5.41, 5.74) is 2.77. The van der Waals surface area contributed by atoms with Gasteiger partial charge >= 0.3 is 0 Å². The molecule has 0 unspecified atom stereocenters. The molecule has 4 rings (SSSR count). The summed E-state index contributed by atoms with van der Waals surface area (Å²) < 4.78 is 10.1. The van der Waals surface area contributed by atoms with Gasteiger partial charge in [0.25, 0.3) is 0 Å². The molecule has 0 aromatic rings. The Labute approximate surface area is 236 Å². The lowest BCUT2D eigenvalue weighted by Gasteiger charge is -2.58. The first kappa shape index (κ1) is 31.9. The second-order valence-electron chi connectivity index (χ2n) is 14.3. The van der Waals surface area contributed by atoms with E-state index < -0.39 is 0 Å². The summed E-state index contributed by atoms with van der Waals surface area (Å²) in [6.07, 6.45) is 19.9. The average molecular weight is 531 g/mol. The molecule has 3 nitrogen and oxygen atoms in total. The summed E-state index contributed by atoms with van der Waals surface area (Å²) in [6.45, 7) is 19.9. The van der Waals surface area contributed by atoms with Crippen LogP contribution in [0, 0.1) is 52.3 Å². The van der Waals surface area contributed by atoms with Crippen molar-refractivity contribution in [1.82, 2.24) is 0 Å². The smallest absolute Gasteiger partial charge is 0.154 e. The van der Waals surface area contributed by atoms with Crippen molar-refractivity contribution >= 4 is 6.29 Å². The first-order valence-corrected chi connectivity index (χ1v) is 16.5. The zero-order valence-electron chi connectivity index (χ0n) is 26.4. The minimum absolute atomic E-state index is 0.0370. The molecule has 4 aliphatic carbocycles. The zero-order valence-corrected chi connectivity index (χ0v) is 26.4. The van der Waals surface area contributed by atoms with Crippen LogP contribution in [0.15, 0.2) is 11.6 Å². The fraction of sp³-hybridized carbons (Fsp3) is 0.914. The van der Waals surface area contributed by atoms with E-state index in [9.17, 15) is 4.79 Å². The van der Waals surface area contributed by atoms with E-state index in [4.69, 9.17) is 9.47 Å². The predicted octanol–water partition coefficient (Wildman–Crippen LogP) is 9.64. The largest absolute Gasteiger partial charge is 0.353 e. The Balaban J connectivity index is 0.000000436. The molecule has 0 aliphatic heterocycles. The van der Waals surface area contributed by atoms with Crippen LogP contribution in [0.5, 0.6) is 0 Å². The minimum atomic E-state index is -0.0370. The van der Waals surface area contributed by atoms with Crippen molar-refractivity contribution in [3.05, 3.63) is 11.6 Å². The van der Waals surface area contributed by atoms with Crippen molar-refractivity contribution in [1.29, 1.82) is 0 Å². The Hall–Kier alpha value is -0.670. The molecule has 3 saturated carbocycles. The number of ether oxygens (including phenoxy) is 2. The molecule has 0 aromatic carbocycles. The van der Waals surface area contributed by atoms with Crippen molar-refractivity contribution in [2.24, 2.45) is 52.3 Å². The molecule has 0 radical (unpaired) electrons. The van der Waals surface area contributed by atoms with Crippen molar-refractivity contribution in [2.75, 3.05) is 13.2 Å². The first-order valence-electron chi connectivity index (χ1n) is 16.5. The normalized spacial score (nSPS) is 37.0. The van der Waals surface area contributed by atoms with Gasteiger partial charge in [0, 0.05) is 19.6 Å². The van der Waals surface area contributed by atoms with E-state index in [-0.39, 0.29) is 6.29 Å². The molecule has 38 heavy (non-hydrogen) atoms. The Morgan fingerprint density at radius 3 is 2.29 bits per heavy atom. The summed E-state index contributed by atoms with van der Waals surface area (Å²) in [6, 6.07) is 0. The van der Waals surface area contributed by atoms with Gasteiger partial charge in [-0.05, 0) is 124 Å². The Bertz CT molecular complexity index is 752. The van der Waals surface area contributed by atoms with Crippen LogP contribution in [0.2, 0.25) is 0 Å². The van der Waals surface area contributed by atoms with Gasteiger partial charge in [-0.15, -0.1) is 0 Å². The number of hydrogen-bond donors (Lipinski definition) is 0. The van der Waals surface area contributed by atoms with Crippen LogP contribution in [0.25, 0.3) is 0 Å². The molecule has 0 saturated heterocycles. The molecule has 0 bridgehead atoms. The monoisotopic (exact) mass is 530 g/mol. The van der Waals surface area contributed by atoms with Gasteiger partial charge in [0.1, 0.15) is 6.29 Å². The minimum Gasteiger partial charge on any atom is -0.353 e. The van der Waals surface area contributed by atoms with Gasteiger partial charge in [0.05, 0.1) is 0 Å². The molecule has 3 fully saturated rings. The second kappa shape index (κ2) is 14.3. The summed E-state index contributed by atoms with van der Waals surface area (Å²) in [7, 11) is 0. The Kier molecular flexibility index (Phi) is 12.0. The van der Waals surface area contributed by atoms with Crippen molar-refractivity contribution in [3.8, 4) is 0 Å². The zero-order chi connectivity index (χ0) is 27.9. The van der Waals surface area contributed by atoms with Crippen LogP contribution in [0.3, 0.4) is 0 Å². The molecule has 0 amide bonds. The summed E-state index contributed by atoms with van der Waals surface area (Å²) in [5.74, 6) is 6.11. The van der Waals surface area contributed by atoms with E-state index in [1.54, 1.807) is 5.57 Å². The Morgan fingerprint density at radius 2 is 1.66 bits per heavy atom. The lowest BCUT2D eigenvalue weighted by Crippen LogP contribution is -2.50. The molecule has 3 heteroatoms. The van der Waals surface area contributed by atoms with E-state index in [0.717, 1.165) is 61.4 Å². The highest BCUT2D eigenvalue weighted by molar-refractivity contribution is 5.50. The molecule has 0 spiro atoms. The van der Waals surface area contributed by atoms with Crippen LogP contribution in [-0.2, 0) is 14.3 Å². The van der Waals surface area contributed by atoms with Crippen LogP contribution < -0.4 is 0 Å². The maximum atomic E-state index is 11.1. The quantitative estimate of drug-likeness (QED) is 0.151. The molecular formula is C35H62O3. The number of fused-ring (bicyclic) bond motifs is 5. The van der Waals surface area contributed by atoms with Crippen LogP contribution >= 0.6 is 0 Å². The third-order valence-electron chi connectivity index (χ3n) is 11.6. The SMILES string of the molecule is CC(C)CCC[C@@H](C)[C@H]1CC[C@H]2[C@@H]3CC=C4C[C@@H](CC=O)CC[C@]4(C)[C@H]3CC[C@]12C.CCOC(C)OCC.